The van der Waals surface area contributed by atoms with Crippen LogP contribution in [0.3, 0.4) is 0 Å². The van der Waals surface area contributed by atoms with Gasteiger partial charge in [-0.05, 0) is 132 Å². The lowest BCUT2D eigenvalue weighted by Gasteiger charge is -2.68. The van der Waals surface area contributed by atoms with Crippen molar-refractivity contribution in [2.24, 2.45) is 51.2 Å². The lowest BCUT2D eigenvalue weighted by molar-refractivity contribution is -0.176. The van der Waals surface area contributed by atoms with Crippen molar-refractivity contribution in [2.75, 3.05) is 0 Å². The van der Waals surface area contributed by atoms with E-state index in [-0.39, 0.29) is 16.4 Å². The summed E-state index contributed by atoms with van der Waals surface area (Å²) in [6, 6.07) is 4.72. The number of aromatic carboxylic acids is 1. The number of halogens is 1. The van der Waals surface area contributed by atoms with E-state index in [9.17, 15) is 14.3 Å². The highest BCUT2D eigenvalue weighted by Gasteiger charge is 2.64. The summed E-state index contributed by atoms with van der Waals surface area (Å²) >= 11 is 0. The van der Waals surface area contributed by atoms with E-state index in [0.29, 0.717) is 16.7 Å². The van der Waals surface area contributed by atoms with E-state index >= 15 is 0 Å². The Morgan fingerprint density at radius 3 is 2.39 bits per heavy atom. The van der Waals surface area contributed by atoms with Gasteiger partial charge < -0.3 is 5.11 Å². The van der Waals surface area contributed by atoms with Crippen LogP contribution in [-0.4, -0.2) is 11.1 Å². The molecular formula is C33H45FO2. The Morgan fingerprint density at radius 1 is 0.889 bits per heavy atom. The van der Waals surface area contributed by atoms with Gasteiger partial charge in [0.1, 0.15) is 5.82 Å². The van der Waals surface area contributed by atoms with Crippen LogP contribution < -0.4 is 0 Å². The number of hydrogen-bond donors (Lipinski definition) is 1. The molecule has 1 aromatic rings. The van der Waals surface area contributed by atoms with Gasteiger partial charge in [-0.15, -0.1) is 0 Å². The largest absolute Gasteiger partial charge is 0.478 e. The average Bonchev–Trinajstić information content (AvgIpc) is 3.20. The van der Waals surface area contributed by atoms with Gasteiger partial charge in [-0.3, -0.25) is 0 Å². The number of fused-ring (bicyclic) bond motifs is 7. The minimum Gasteiger partial charge on any atom is -0.478 e. The molecule has 0 amide bonds. The smallest absolute Gasteiger partial charge is 0.338 e. The molecule has 6 rings (SSSR count). The number of hydrogen-bond acceptors (Lipinski definition) is 1. The van der Waals surface area contributed by atoms with E-state index in [1.807, 2.05) is 6.07 Å². The third-order valence-electron chi connectivity index (χ3n) is 13.0. The van der Waals surface area contributed by atoms with Gasteiger partial charge >= 0.3 is 5.97 Å². The Labute approximate surface area is 217 Å². The number of carboxylic acid groups (broad SMARTS) is 1. The highest BCUT2D eigenvalue weighted by atomic mass is 19.1. The van der Waals surface area contributed by atoms with Gasteiger partial charge in [-0.1, -0.05) is 53.2 Å². The summed E-state index contributed by atoms with van der Waals surface area (Å²) in [5.74, 6) is 2.25. The summed E-state index contributed by atoms with van der Waals surface area (Å²) in [5.41, 5.74) is 3.07. The fourth-order valence-corrected chi connectivity index (χ4v) is 11.5. The van der Waals surface area contributed by atoms with Crippen molar-refractivity contribution in [1.29, 1.82) is 0 Å². The molecule has 0 aromatic heterocycles. The Kier molecular flexibility index (Phi) is 5.44. The number of allylic oxidation sites excluding steroid dienone is 2. The summed E-state index contributed by atoms with van der Waals surface area (Å²) in [5, 5.41) is 9.28. The molecule has 0 saturated heterocycles. The number of carboxylic acids is 1. The van der Waals surface area contributed by atoms with Gasteiger partial charge in [-0.2, -0.15) is 0 Å². The minimum atomic E-state index is -1.20. The van der Waals surface area contributed by atoms with E-state index in [2.05, 4.69) is 40.7 Å². The molecule has 0 aliphatic heterocycles. The zero-order valence-corrected chi connectivity index (χ0v) is 23.0. The van der Waals surface area contributed by atoms with Gasteiger partial charge in [0.15, 0.2) is 0 Å². The molecule has 1 aromatic carbocycles. The first-order valence-electron chi connectivity index (χ1n) is 14.7. The number of benzene rings is 1. The quantitative estimate of drug-likeness (QED) is 0.447. The van der Waals surface area contributed by atoms with Crippen LogP contribution in [0, 0.1) is 57.1 Å². The molecule has 3 heteroatoms. The number of carbonyl (C=O) groups is 1. The SMILES string of the molecule is CC1(C)C(c2ccc(C(=O)O)c(F)c2)=CC[C@@]2(C)C1CC[C@@]1(C)C3CC[C@@]4(C)CCC[C@@H]4[C@H]3CCC12. The highest BCUT2D eigenvalue weighted by Crippen LogP contribution is 2.73. The average molecular weight is 493 g/mol. The first-order valence-corrected chi connectivity index (χ1v) is 14.7. The lowest BCUT2D eigenvalue weighted by atomic mass is 9.36. The highest BCUT2D eigenvalue weighted by molar-refractivity contribution is 5.88. The van der Waals surface area contributed by atoms with Crippen LogP contribution >= 0.6 is 0 Å². The molecule has 5 aliphatic rings. The second-order valence-electron chi connectivity index (χ2n) is 14.7. The monoisotopic (exact) mass is 492 g/mol. The molecule has 8 atom stereocenters. The van der Waals surface area contributed by atoms with E-state index in [1.54, 1.807) is 0 Å². The molecule has 0 radical (unpaired) electrons. The maximum Gasteiger partial charge on any atom is 0.338 e. The second-order valence-corrected chi connectivity index (χ2v) is 14.7. The normalized spacial score (nSPS) is 45.1. The summed E-state index contributed by atoms with van der Waals surface area (Å²) in [6.07, 6.45) is 16.1. The van der Waals surface area contributed by atoms with Crippen molar-refractivity contribution in [3.05, 3.63) is 41.2 Å². The molecule has 0 heterocycles. The van der Waals surface area contributed by atoms with Crippen LogP contribution in [0.1, 0.15) is 115 Å². The third-order valence-corrected chi connectivity index (χ3v) is 13.0. The lowest BCUT2D eigenvalue weighted by Crippen LogP contribution is -2.60. The summed E-state index contributed by atoms with van der Waals surface area (Å²) in [7, 11) is 0. The first-order chi connectivity index (χ1) is 16.9. The fourth-order valence-electron chi connectivity index (χ4n) is 11.5. The van der Waals surface area contributed by atoms with Crippen molar-refractivity contribution in [3.8, 4) is 0 Å². The van der Waals surface area contributed by atoms with Crippen LogP contribution in [0.2, 0.25) is 0 Å². The van der Waals surface area contributed by atoms with Crippen molar-refractivity contribution in [3.63, 3.8) is 0 Å². The molecule has 0 bridgehead atoms. The van der Waals surface area contributed by atoms with Crippen molar-refractivity contribution in [2.45, 2.75) is 98.8 Å². The summed E-state index contributed by atoms with van der Waals surface area (Å²) in [6.45, 7) is 12.6. The van der Waals surface area contributed by atoms with Crippen molar-refractivity contribution in [1.82, 2.24) is 0 Å². The molecule has 2 nitrogen and oxygen atoms in total. The molecule has 5 aliphatic carbocycles. The van der Waals surface area contributed by atoms with Gasteiger partial charge in [0.05, 0.1) is 5.56 Å². The zero-order valence-electron chi connectivity index (χ0n) is 23.0. The summed E-state index contributed by atoms with van der Waals surface area (Å²) in [4.78, 5) is 11.4. The summed E-state index contributed by atoms with van der Waals surface area (Å²) < 4.78 is 14.7. The van der Waals surface area contributed by atoms with Crippen molar-refractivity contribution >= 4 is 11.5 Å². The molecule has 1 N–H and O–H groups in total. The fraction of sp³-hybridized carbons (Fsp3) is 0.727. The van der Waals surface area contributed by atoms with Crippen LogP contribution in [0.4, 0.5) is 4.39 Å². The molecule has 3 unspecified atom stereocenters. The van der Waals surface area contributed by atoms with Gasteiger partial charge in [-0.25, -0.2) is 9.18 Å². The maximum absolute atomic E-state index is 14.7. The molecule has 4 saturated carbocycles. The van der Waals surface area contributed by atoms with Gasteiger partial charge in [0.2, 0.25) is 0 Å². The maximum atomic E-state index is 14.7. The predicted octanol–water partition coefficient (Wildman–Crippen LogP) is 9.00. The van der Waals surface area contributed by atoms with E-state index < -0.39 is 11.8 Å². The Balaban J connectivity index is 1.34. The van der Waals surface area contributed by atoms with Crippen molar-refractivity contribution < 1.29 is 14.3 Å². The molecular weight excluding hydrogens is 447 g/mol. The van der Waals surface area contributed by atoms with Gasteiger partial charge in [0.25, 0.3) is 0 Å². The van der Waals surface area contributed by atoms with E-state index in [4.69, 9.17) is 0 Å². The molecule has 4 fully saturated rings. The van der Waals surface area contributed by atoms with Crippen LogP contribution in [0.15, 0.2) is 24.3 Å². The van der Waals surface area contributed by atoms with Crippen LogP contribution in [-0.2, 0) is 0 Å². The van der Waals surface area contributed by atoms with E-state index in [1.165, 1.54) is 75.5 Å². The molecule has 196 valence electrons. The first kappa shape index (κ1) is 24.7. The predicted molar refractivity (Wildman–Crippen MR) is 143 cm³/mol. The standard InChI is InChI=1S/C33H45FO2/c1-30(2)23(20-8-9-22(29(35)36)26(34)19-20)13-17-33(5)27(30)14-18-32(4)25-12-16-31(3)15-6-7-24(31)21(25)10-11-28(32)33/h8-9,13,19,21,24-25,27-28H,6-7,10-12,14-18H2,1-5H3,(H,35,36)/t21-,24-,25?,27?,28?,31-,32+,33+/m1/s1. The third kappa shape index (κ3) is 3.22. The van der Waals surface area contributed by atoms with Gasteiger partial charge in [0, 0.05) is 0 Å². The Hall–Kier alpha value is -1.64. The Morgan fingerprint density at radius 2 is 1.67 bits per heavy atom. The molecule has 36 heavy (non-hydrogen) atoms. The second kappa shape index (κ2) is 7.93. The topological polar surface area (TPSA) is 37.3 Å². The molecule has 0 spiro atoms. The minimum absolute atomic E-state index is 0.0705. The van der Waals surface area contributed by atoms with Crippen LogP contribution in [0.5, 0.6) is 0 Å². The number of rotatable bonds is 2. The Bertz CT molecular complexity index is 1120. The van der Waals surface area contributed by atoms with E-state index in [0.717, 1.165) is 35.7 Å². The van der Waals surface area contributed by atoms with Crippen LogP contribution in [0.25, 0.3) is 5.57 Å². The zero-order chi connectivity index (χ0) is 25.7.